The van der Waals surface area contributed by atoms with Gasteiger partial charge in [0.2, 0.25) is 5.96 Å². The molecule has 0 spiro atoms. The molecule has 2 atom stereocenters. The maximum Gasteiger partial charge on any atom is 0.205 e. The predicted octanol–water partition coefficient (Wildman–Crippen LogP) is 0.146. The highest BCUT2D eigenvalue weighted by Crippen LogP contribution is 2.14. The molecule has 2 unspecified atom stereocenters. The lowest BCUT2D eigenvalue weighted by Crippen LogP contribution is -2.53. The van der Waals surface area contributed by atoms with Crippen LogP contribution in [0.2, 0.25) is 0 Å². The molecule has 0 bridgehead atoms. The van der Waals surface area contributed by atoms with Gasteiger partial charge in [0, 0.05) is 19.1 Å². The van der Waals surface area contributed by atoms with E-state index in [-0.39, 0.29) is 0 Å². The van der Waals surface area contributed by atoms with Gasteiger partial charge in [0.05, 0.1) is 0 Å². The summed E-state index contributed by atoms with van der Waals surface area (Å²) in [4.78, 5) is 6.73. The molecular weight excluding hydrogens is 202 g/mol. The van der Waals surface area contributed by atoms with E-state index in [4.69, 9.17) is 5.84 Å². The number of piperidine rings is 1. The molecule has 4 N–H and O–H groups in total. The van der Waals surface area contributed by atoms with E-state index >= 15 is 0 Å². The van der Waals surface area contributed by atoms with Crippen LogP contribution in [0.1, 0.15) is 26.7 Å². The number of nitrogens with one attached hydrogen (secondary N) is 2. The molecule has 0 radical (unpaired) electrons. The molecule has 0 amide bonds. The lowest BCUT2D eigenvalue weighted by molar-refractivity contribution is 0.186. The van der Waals surface area contributed by atoms with Gasteiger partial charge in [-0.1, -0.05) is 13.8 Å². The Morgan fingerprint density at radius 2 is 2.31 bits per heavy atom. The topological polar surface area (TPSA) is 65.7 Å². The van der Waals surface area contributed by atoms with E-state index in [2.05, 4.69) is 41.5 Å². The van der Waals surface area contributed by atoms with Gasteiger partial charge in [0.15, 0.2) is 0 Å². The van der Waals surface area contributed by atoms with Crippen molar-refractivity contribution in [2.24, 2.45) is 16.8 Å². The van der Waals surface area contributed by atoms with Gasteiger partial charge in [-0.3, -0.25) is 10.4 Å². The van der Waals surface area contributed by atoms with Crippen LogP contribution in [0, 0.1) is 5.92 Å². The van der Waals surface area contributed by atoms with Gasteiger partial charge in [0.1, 0.15) is 0 Å². The molecule has 94 valence electrons. The summed E-state index contributed by atoms with van der Waals surface area (Å²) in [6.07, 6.45) is 2.18. The van der Waals surface area contributed by atoms with Crippen molar-refractivity contribution in [3.8, 4) is 0 Å². The summed E-state index contributed by atoms with van der Waals surface area (Å²) in [6.45, 7) is 7.45. The van der Waals surface area contributed by atoms with Gasteiger partial charge in [-0.05, 0) is 32.4 Å². The van der Waals surface area contributed by atoms with E-state index in [1.807, 2.05) is 0 Å². The van der Waals surface area contributed by atoms with Crippen LogP contribution in [0.5, 0.6) is 0 Å². The van der Waals surface area contributed by atoms with Crippen molar-refractivity contribution in [2.75, 3.05) is 26.7 Å². The lowest BCUT2D eigenvalue weighted by atomic mass is 9.94. The van der Waals surface area contributed by atoms with Gasteiger partial charge in [-0.2, -0.15) is 0 Å². The Morgan fingerprint density at radius 3 is 2.88 bits per heavy atom. The second-order valence-corrected chi connectivity index (χ2v) is 4.65. The van der Waals surface area contributed by atoms with Crippen LogP contribution in [0.25, 0.3) is 0 Å². The minimum absolute atomic E-state index is 0.475. The quantitative estimate of drug-likeness (QED) is 0.278. The molecule has 1 aliphatic rings. The average molecular weight is 227 g/mol. The van der Waals surface area contributed by atoms with Gasteiger partial charge in [-0.25, -0.2) is 5.84 Å². The molecule has 5 nitrogen and oxygen atoms in total. The zero-order valence-electron chi connectivity index (χ0n) is 10.7. The number of hydrogen-bond donors (Lipinski definition) is 3. The maximum atomic E-state index is 5.45. The number of nitrogens with two attached hydrogens (primary N) is 1. The van der Waals surface area contributed by atoms with E-state index in [1.54, 1.807) is 0 Å². The summed E-state index contributed by atoms with van der Waals surface area (Å²) in [5.74, 6) is 6.80. The van der Waals surface area contributed by atoms with Crippen molar-refractivity contribution in [2.45, 2.75) is 32.7 Å². The summed E-state index contributed by atoms with van der Waals surface area (Å²) in [6, 6.07) is 0.475. The Bertz CT molecular complexity index is 228. The Labute approximate surface area is 98.4 Å². The fraction of sp³-hybridized carbons (Fsp3) is 0.909. The first-order chi connectivity index (χ1) is 7.67. The first-order valence-corrected chi connectivity index (χ1v) is 6.13. The minimum Gasteiger partial charge on any atom is -0.352 e. The van der Waals surface area contributed by atoms with Crippen LogP contribution < -0.4 is 16.6 Å². The second kappa shape index (κ2) is 6.70. The highest BCUT2D eigenvalue weighted by atomic mass is 15.3. The molecule has 0 aromatic carbocycles. The third kappa shape index (κ3) is 3.98. The monoisotopic (exact) mass is 227 g/mol. The van der Waals surface area contributed by atoms with Gasteiger partial charge in [0.25, 0.3) is 0 Å². The van der Waals surface area contributed by atoms with E-state index in [9.17, 15) is 0 Å². The first kappa shape index (κ1) is 13.3. The SMILES string of the molecule is CCCN=C(NN)NC1CCN(C)CC1C. The van der Waals surface area contributed by atoms with Crippen molar-refractivity contribution >= 4 is 5.96 Å². The summed E-state index contributed by atoms with van der Waals surface area (Å²) < 4.78 is 0. The predicted molar refractivity (Wildman–Crippen MR) is 68.1 cm³/mol. The van der Waals surface area contributed by atoms with Crippen LogP contribution in [-0.4, -0.2) is 43.6 Å². The molecule has 1 aliphatic heterocycles. The van der Waals surface area contributed by atoms with Crippen molar-refractivity contribution in [3.63, 3.8) is 0 Å². The largest absolute Gasteiger partial charge is 0.352 e. The molecule has 1 saturated heterocycles. The zero-order valence-corrected chi connectivity index (χ0v) is 10.7. The number of aliphatic imine (C=N–C) groups is 1. The molecule has 0 saturated carbocycles. The average Bonchev–Trinajstić information content (AvgIpc) is 2.27. The molecule has 1 rings (SSSR count). The Hall–Kier alpha value is -0.810. The Kier molecular flexibility index (Phi) is 5.55. The standard InChI is InChI=1S/C11H25N5/c1-4-6-13-11(15-12)14-10-5-7-16(3)8-9(10)2/h9-10H,4-8,12H2,1-3H3,(H2,13,14,15). The second-order valence-electron chi connectivity index (χ2n) is 4.65. The van der Waals surface area contributed by atoms with Crippen LogP contribution in [0.4, 0.5) is 0 Å². The van der Waals surface area contributed by atoms with Crippen molar-refractivity contribution in [3.05, 3.63) is 0 Å². The smallest absolute Gasteiger partial charge is 0.205 e. The van der Waals surface area contributed by atoms with Crippen molar-refractivity contribution in [1.29, 1.82) is 0 Å². The number of likely N-dealkylation sites (tertiary alicyclic amines) is 1. The number of rotatable bonds is 3. The van der Waals surface area contributed by atoms with Crippen LogP contribution in [-0.2, 0) is 0 Å². The number of nitrogens with zero attached hydrogens (tertiary/aromatic N) is 2. The zero-order chi connectivity index (χ0) is 12.0. The highest BCUT2D eigenvalue weighted by molar-refractivity contribution is 5.79. The van der Waals surface area contributed by atoms with Crippen LogP contribution in [0.15, 0.2) is 4.99 Å². The van der Waals surface area contributed by atoms with Crippen molar-refractivity contribution in [1.82, 2.24) is 15.6 Å². The molecule has 16 heavy (non-hydrogen) atoms. The first-order valence-electron chi connectivity index (χ1n) is 6.13. The van der Waals surface area contributed by atoms with Gasteiger partial charge < -0.3 is 10.2 Å². The lowest BCUT2D eigenvalue weighted by Gasteiger charge is -2.35. The third-order valence-corrected chi connectivity index (χ3v) is 3.06. The number of guanidine groups is 1. The fourth-order valence-electron chi connectivity index (χ4n) is 2.10. The number of hydrazine groups is 1. The summed E-state index contributed by atoms with van der Waals surface area (Å²) >= 11 is 0. The van der Waals surface area contributed by atoms with Crippen LogP contribution in [0.3, 0.4) is 0 Å². The molecule has 1 heterocycles. The molecule has 0 aromatic heterocycles. The van der Waals surface area contributed by atoms with Crippen LogP contribution >= 0.6 is 0 Å². The molecule has 5 heteroatoms. The van der Waals surface area contributed by atoms with Gasteiger partial charge in [-0.15, -0.1) is 0 Å². The van der Waals surface area contributed by atoms with E-state index in [0.29, 0.717) is 12.0 Å². The summed E-state index contributed by atoms with van der Waals surface area (Å²) in [5, 5.41) is 3.40. The van der Waals surface area contributed by atoms with E-state index < -0.39 is 0 Å². The van der Waals surface area contributed by atoms with E-state index in [0.717, 1.165) is 38.4 Å². The molecule has 1 fully saturated rings. The molecule has 0 aliphatic carbocycles. The van der Waals surface area contributed by atoms with Crippen molar-refractivity contribution < 1.29 is 0 Å². The summed E-state index contributed by atoms with van der Waals surface area (Å²) in [5.41, 5.74) is 2.64. The number of hydrogen-bond acceptors (Lipinski definition) is 3. The fourth-order valence-corrected chi connectivity index (χ4v) is 2.10. The minimum atomic E-state index is 0.475. The third-order valence-electron chi connectivity index (χ3n) is 3.06. The Balaban J connectivity index is 2.45. The van der Waals surface area contributed by atoms with E-state index in [1.165, 1.54) is 0 Å². The highest BCUT2D eigenvalue weighted by Gasteiger charge is 2.24. The normalized spacial score (nSPS) is 27.9. The van der Waals surface area contributed by atoms with Gasteiger partial charge >= 0.3 is 0 Å². The molecule has 0 aromatic rings. The maximum absolute atomic E-state index is 5.45. The summed E-state index contributed by atoms with van der Waals surface area (Å²) in [7, 11) is 2.17. The molecular formula is C11H25N5. The Morgan fingerprint density at radius 1 is 1.56 bits per heavy atom.